The molecule has 1 unspecified atom stereocenters. The minimum Gasteiger partial charge on any atom is -0.328 e. The van der Waals surface area contributed by atoms with Crippen LogP contribution < -0.4 is 0 Å². The van der Waals surface area contributed by atoms with Gasteiger partial charge in [-0.3, -0.25) is 0 Å². The molecule has 0 aromatic rings. The Bertz CT molecular complexity index is 137. The van der Waals surface area contributed by atoms with E-state index in [1.165, 1.54) is 0 Å². The van der Waals surface area contributed by atoms with Crippen molar-refractivity contribution < 1.29 is 14.3 Å². The van der Waals surface area contributed by atoms with Gasteiger partial charge in [0.15, 0.2) is 0 Å². The van der Waals surface area contributed by atoms with Crippen LogP contribution in [-0.4, -0.2) is 15.4 Å². The maximum Gasteiger partial charge on any atom is 0.327 e. The third-order valence-corrected chi connectivity index (χ3v) is 3.13. The predicted octanol–water partition coefficient (Wildman–Crippen LogP) is 2.82. The molecule has 2 N–H and O–H groups in total. The highest BCUT2D eigenvalue weighted by molar-refractivity contribution is 7.39. The lowest BCUT2D eigenvalue weighted by Crippen LogP contribution is -2.31. The van der Waals surface area contributed by atoms with E-state index in [1.54, 1.807) is 0 Å². The van der Waals surface area contributed by atoms with Gasteiger partial charge in [-0.15, -0.1) is 0 Å². The highest BCUT2D eigenvalue weighted by Crippen LogP contribution is 2.37. The minimum atomic E-state index is -2.24. The molecule has 0 rings (SSSR count). The topological polar surface area (TPSA) is 49.7 Å². The van der Waals surface area contributed by atoms with E-state index in [0.29, 0.717) is 5.92 Å². The molecule has 0 aliphatic heterocycles. The molecule has 0 spiro atoms. The van der Waals surface area contributed by atoms with Gasteiger partial charge in [-0.1, -0.05) is 26.7 Å². The Morgan fingerprint density at radius 3 is 2.31 bits per heavy atom. The summed E-state index contributed by atoms with van der Waals surface area (Å²) in [5, 5.41) is 0. The van der Waals surface area contributed by atoms with Crippen LogP contribution in [0.2, 0.25) is 0 Å². The van der Waals surface area contributed by atoms with Crippen molar-refractivity contribution in [2.75, 3.05) is 0 Å². The van der Waals surface area contributed by atoms with Crippen LogP contribution in [0.15, 0.2) is 0 Å². The predicted molar refractivity (Wildman–Crippen MR) is 55.2 cm³/mol. The molecule has 3 nitrogen and oxygen atoms in total. The van der Waals surface area contributed by atoms with Crippen molar-refractivity contribution in [2.24, 2.45) is 5.92 Å². The van der Waals surface area contributed by atoms with Crippen molar-refractivity contribution in [1.29, 1.82) is 0 Å². The largest absolute Gasteiger partial charge is 0.328 e. The van der Waals surface area contributed by atoms with Crippen molar-refractivity contribution >= 4 is 8.60 Å². The summed E-state index contributed by atoms with van der Waals surface area (Å²) in [6.07, 6.45) is 3.38. The standard InChI is InChI=1S/C9H21O3P/c1-5-6-7-8(2)9(3,4)12-13(10)11/h8,10-11H,5-7H2,1-4H3. The highest BCUT2D eigenvalue weighted by Gasteiger charge is 2.29. The summed E-state index contributed by atoms with van der Waals surface area (Å²) >= 11 is 0. The third kappa shape index (κ3) is 5.58. The monoisotopic (exact) mass is 208 g/mol. The van der Waals surface area contributed by atoms with E-state index in [9.17, 15) is 0 Å². The average Bonchev–Trinajstić information content (AvgIpc) is 1.97. The summed E-state index contributed by atoms with van der Waals surface area (Å²) in [4.78, 5) is 17.5. The van der Waals surface area contributed by atoms with Gasteiger partial charge in [0.1, 0.15) is 0 Å². The van der Waals surface area contributed by atoms with Gasteiger partial charge in [-0.05, 0) is 26.2 Å². The molecule has 1 atom stereocenters. The fraction of sp³-hybridized carbons (Fsp3) is 1.00. The molecule has 0 heterocycles. The summed E-state index contributed by atoms with van der Waals surface area (Å²) in [5.74, 6) is 0.344. The van der Waals surface area contributed by atoms with Crippen molar-refractivity contribution in [3.63, 3.8) is 0 Å². The van der Waals surface area contributed by atoms with Crippen LogP contribution in [0.3, 0.4) is 0 Å². The van der Waals surface area contributed by atoms with E-state index in [0.717, 1.165) is 19.3 Å². The molecule has 0 bridgehead atoms. The van der Waals surface area contributed by atoms with Gasteiger partial charge in [-0.25, -0.2) is 0 Å². The molecule has 0 fully saturated rings. The first kappa shape index (κ1) is 13.3. The van der Waals surface area contributed by atoms with Gasteiger partial charge in [0.2, 0.25) is 0 Å². The molecule has 13 heavy (non-hydrogen) atoms. The zero-order valence-electron chi connectivity index (χ0n) is 8.95. The molecule has 0 saturated heterocycles. The lowest BCUT2D eigenvalue weighted by molar-refractivity contribution is 0.0346. The Kier molecular flexibility index (Phi) is 6.06. The fourth-order valence-electron chi connectivity index (χ4n) is 1.16. The van der Waals surface area contributed by atoms with Crippen molar-refractivity contribution in [1.82, 2.24) is 0 Å². The second-order valence-electron chi connectivity index (χ2n) is 3.99. The quantitative estimate of drug-likeness (QED) is 0.660. The third-order valence-electron chi connectivity index (χ3n) is 2.49. The van der Waals surface area contributed by atoms with Crippen LogP contribution in [0.5, 0.6) is 0 Å². The Labute approximate surface area is 82.1 Å². The fourth-order valence-corrected chi connectivity index (χ4v) is 1.76. The highest BCUT2D eigenvalue weighted by atomic mass is 31.2. The molecular formula is C9H21O3P. The van der Waals surface area contributed by atoms with E-state index in [1.807, 2.05) is 13.8 Å². The maximum atomic E-state index is 8.76. The maximum absolute atomic E-state index is 8.76. The number of rotatable bonds is 6. The van der Waals surface area contributed by atoms with Crippen molar-refractivity contribution in [3.05, 3.63) is 0 Å². The molecule has 0 radical (unpaired) electrons. The lowest BCUT2D eigenvalue weighted by atomic mass is 9.88. The molecule has 0 aliphatic rings. The van der Waals surface area contributed by atoms with Gasteiger partial charge in [0.25, 0.3) is 0 Å². The number of hydrogen-bond donors (Lipinski definition) is 2. The van der Waals surface area contributed by atoms with E-state index >= 15 is 0 Å². The van der Waals surface area contributed by atoms with Crippen molar-refractivity contribution in [3.8, 4) is 0 Å². The number of unbranched alkanes of at least 4 members (excludes halogenated alkanes) is 1. The molecule has 0 aromatic heterocycles. The minimum absolute atomic E-state index is 0.344. The molecule has 0 aliphatic carbocycles. The molecule has 0 amide bonds. The van der Waals surface area contributed by atoms with Crippen LogP contribution in [0, 0.1) is 5.92 Å². The first-order valence-electron chi connectivity index (χ1n) is 4.77. The van der Waals surface area contributed by atoms with Crippen LogP contribution in [0.4, 0.5) is 0 Å². The van der Waals surface area contributed by atoms with Gasteiger partial charge in [-0.2, -0.15) is 0 Å². The van der Waals surface area contributed by atoms with Crippen LogP contribution in [0.25, 0.3) is 0 Å². The molecule has 80 valence electrons. The van der Waals surface area contributed by atoms with Gasteiger partial charge < -0.3 is 14.3 Å². The normalized spacial score (nSPS) is 15.0. The van der Waals surface area contributed by atoms with Crippen molar-refractivity contribution in [2.45, 2.75) is 52.6 Å². The molecule has 4 heteroatoms. The van der Waals surface area contributed by atoms with Crippen LogP contribution in [0.1, 0.15) is 47.0 Å². The zero-order valence-corrected chi connectivity index (χ0v) is 9.84. The molecular weight excluding hydrogens is 187 g/mol. The zero-order chi connectivity index (χ0) is 10.5. The Hall–Kier alpha value is 0.310. The van der Waals surface area contributed by atoms with Gasteiger partial charge in [0, 0.05) is 0 Å². The SMILES string of the molecule is CCCCC(C)C(C)(C)OP(O)O. The van der Waals surface area contributed by atoms with E-state index in [4.69, 9.17) is 14.3 Å². The first-order chi connectivity index (χ1) is 5.90. The Morgan fingerprint density at radius 2 is 1.92 bits per heavy atom. The molecule has 0 saturated carbocycles. The van der Waals surface area contributed by atoms with Gasteiger partial charge >= 0.3 is 8.60 Å². The smallest absolute Gasteiger partial charge is 0.327 e. The summed E-state index contributed by atoms with van der Waals surface area (Å²) in [6, 6.07) is 0. The second kappa shape index (κ2) is 5.92. The van der Waals surface area contributed by atoms with Crippen LogP contribution in [-0.2, 0) is 4.52 Å². The summed E-state index contributed by atoms with van der Waals surface area (Å²) in [5.41, 5.74) is -0.440. The first-order valence-corrected chi connectivity index (χ1v) is 5.93. The summed E-state index contributed by atoms with van der Waals surface area (Å²) < 4.78 is 5.07. The average molecular weight is 208 g/mol. The van der Waals surface area contributed by atoms with Gasteiger partial charge in [0.05, 0.1) is 5.60 Å². The Morgan fingerprint density at radius 1 is 1.38 bits per heavy atom. The Balaban J connectivity index is 3.94. The van der Waals surface area contributed by atoms with E-state index < -0.39 is 14.2 Å². The van der Waals surface area contributed by atoms with E-state index in [2.05, 4.69) is 13.8 Å². The van der Waals surface area contributed by atoms with Crippen LogP contribution >= 0.6 is 8.60 Å². The molecule has 0 aromatic carbocycles. The summed E-state index contributed by atoms with van der Waals surface area (Å²) in [7, 11) is -2.24. The lowest BCUT2D eigenvalue weighted by Gasteiger charge is -2.31. The van der Waals surface area contributed by atoms with E-state index in [-0.39, 0.29) is 0 Å². The number of hydrogen-bond acceptors (Lipinski definition) is 3. The second-order valence-corrected chi connectivity index (χ2v) is 4.68. The summed E-state index contributed by atoms with van der Waals surface area (Å²) in [6.45, 7) is 8.02.